The second-order valence-electron chi connectivity index (χ2n) is 7.02. The molecular formula is C22H16BrN3O3. The molecule has 2 aliphatic rings. The molecule has 0 aromatic heterocycles. The topological polar surface area (TPSA) is 68.0 Å². The Morgan fingerprint density at radius 2 is 1.90 bits per heavy atom. The van der Waals surface area contributed by atoms with Gasteiger partial charge in [-0.1, -0.05) is 58.4 Å². The third-order valence-electron chi connectivity index (χ3n) is 5.23. The van der Waals surface area contributed by atoms with Gasteiger partial charge in [-0.25, -0.2) is 5.01 Å². The first-order valence-electron chi connectivity index (χ1n) is 9.22. The third kappa shape index (κ3) is 3.17. The fourth-order valence-corrected chi connectivity index (χ4v) is 4.25. The van der Waals surface area contributed by atoms with Crippen molar-refractivity contribution in [3.05, 3.63) is 104 Å². The summed E-state index contributed by atoms with van der Waals surface area (Å²) in [6, 6.07) is 22.5. The molecule has 6 nitrogen and oxygen atoms in total. The molecule has 0 amide bonds. The van der Waals surface area contributed by atoms with E-state index in [0.717, 1.165) is 33.5 Å². The fraction of sp³-hybridized carbons (Fsp3) is 0.136. The summed E-state index contributed by atoms with van der Waals surface area (Å²) in [7, 11) is 0. The lowest BCUT2D eigenvalue weighted by Gasteiger charge is -2.38. The average molecular weight is 450 g/mol. The first-order chi connectivity index (χ1) is 14.1. The van der Waals surface area contributed by atoms with Gasteiger partial charge in [-0.3, -0.25) is 10.1 Å². The summed E-state index contributed by atoms with van der Waals surface area (Å²) in [5, 5.41) is 18.1. The van der Waals surface area contributed by atoms with Crippen molar-refractivity contribution in [3.63, 3.8) is 0 Å². The lowest BCUT2D eigenvalue weighted by Crippen LogP contribution is -2.33. The highest BCUT2D eigenvalue weighted by Crippen LogP contribution is 2.48. The molecule has 5 rings (SSSR count). The van der Waals surface area contributed by atoms with Gasteiger partial charge in [0.25, 0.3) is 5.69 Å². The highest BCUT2D eigenvalue weighted by Gasteiger charge is 2.41. The lowest BCUT2D eigenvalue weighted by atomic mass is 9.96. The van der Waals surface area contributed by atoms with Crippen LogP contribution in [0.25, 0.3) is 0 Å². The highest BCUT2D eigenvalue weighted by molar-refractivity contribution is 9.10. The van der Waals surface area contributed by atoms with Crippen molar-refractivity contribution in [2.75, 3.05) is 0 Å². The van der Waals surface area contributed by atoms with Gasteiger partial charge < -0.3 is 4.74 Å². The maximum Gasteiger partial charge on any atom is 0.269 e. The Balaban J connectivity index is 1.61. The molecule has 3 aromatic carbocycles. The van der Waals surface area contributed by atoms with Crippen molar-refractivity contribution in [1.29, 1.82) is 0 Å². The molecule has 7 heteroatoms. The zero-order valence-corrected chi connectivity index (χ0v) is 16.8. The summed E-state index contributed by atoms with van der Waals surface area (Å²) in [5.41, 5.74) is 3.83. The van der Waals surface area contributed by atoms with Crippen LogP contribution in [-0.2, 0) is 0 Å². The fourth-order valence-electron chi connectivity index (χ4n) is 3.88. The molecule has 0 N–H and O–H groups in total. The predicted octanol–water partition coefficient (Wildman–Crippen LogP) is 5.60. The number of hydrogen-bond donors (Lipinski definition) is 0. The Kier molecular flexibility index (Phi) is 4.32. The van der Waals surface area contributed by atoms with E-state index in [1.807, 2.05) is 53.5 Å². The predicted molar refractivity (Wildman–Crippen MR) is 113 cm³/mol. The number of fused-ring (bicyclic) bond motifs is 3. The minimum absolute atomic E-state index is 0.00396. The number of non-ortho nitro benzene ring substituents is 1. The maximum atomic E-state index is 11.3. The molecular weight excluding hydrogens is 434 g/mol. The van der Waals surface area contributed by atoms with Crippen LogP contribution in [-0.4, -0.2) is 15.6 Å². The quantitative estimate of drug-likeness (QED) is 0.385. The minimum Gasteiger partial charge on any atom is -0.464 e. The summed E-state index contributed by atoms with van der Waals surface area (Å²) in [6.45, 7) is 0. The van der Waals surface area contributed by atoms with Gasteiger partial charge in [-0.2, -0.15) is 5.10 Å². The van der Waals surface area contributed by atoms with Crippen LogP contribution in [0.5, 0.6) is 5.75 Å². The zero-order chi connectivity index (χ0) is 20.0. The molecule has 3 aromatic rings. The van der Waals surface area contributed by atoms with E-state index < -0.39 is 11.2 Å². The number of benzene rings is 3. The van der Waals surface area contributed by atoms with Crippen LogP contribution < -0.4 is 4.74 Å². The molecule has 0 saturated carbocycles. The number of rotatable bonds is 3. The second kappa shape index (κ2) is 7.00. The van der Waals surface area contributed by atoms with Crippen molar-refractivity contribution in [3.8, 4) is 5.75 Å². The van der Waals surface area contributed by atoms with E-state index in [4.69, 9.17) is 9.84 Å². The standard InChI is InChI=1S/C22H16BrN3O3/c23-16-9-10-21-18(12-16)20-13-19(14-5-2-1-3-6-14)24-25(20)22(29-21)15-7-4-8-17(11-15)26(27)28/h1-12,20,22H,13H2/t20-,22-/m1/s1. The summed E-state index contributed by atoms with van der Waals surface area (Å²) in [5.74, 6) is 0.774. The van der Waals surface area contributed by atoms with E-state index in [2.05, 4.69) is 22.0 Å². The lowest BCUT2D eigenvalue weighted by molar-refractivity contribution is -0.385. The van der Waals surface area contributed by atoms with Gasteiger partial charge in [0.05, 0.1) is 16.7 Å². The number of hydrazone groups is 1. The summed E-state index contributed by atoms with van der Waals surface area (Å²) in [4.78, 5) is 10.9. The SMILES string of the molecule is O=[N+]([O-])c1cccc([C@H]2Oc3ccc(Br)cc3[C@H]3CC(c4ccccc4)=NN32)c1. The average Bonchev–Trinajstić information content (AvgIpc) is 3.20. The molecule has 0 saturated heterocycles. The molecule has 0 radical (unpaired) electrons. The van der Waals surface area contributed by atoms with Gasteiger partial charge >= 0.3 is 0 Å². The van der Waals surface area contributed by atoms with Crippen molar-refractivity contribution >= 4 is 27.3 Å². The van der Waals surface area contributed by atoms with Crippen LogP contribution in [0.2, 0.25) is 0 Å². The Bertz CT molecular complexity index is 1130. The van der Waals surface area contributed by atoms with Gasteiger partial charge in [0.1, 0.15) is 5.75 Å². The number of ether oxygens (including phenoxy) is 1. The summed E-state index contributed by atoms with van der Waals surface area (Å²) in [6.07, 6.45) is 0.206. The maximum absolute atomic E-state index is 11.3. The molecule has 0 unspecified atom stereocenters. The Labute approximate surface area is 175 Å². The number of nitro benzene ring substituents is 1. The van der Waals surface area contributed by atoms with Crippen molar-refractivity contribution < 1.29 is 9.66 Å². The molecule has 0 spiro atoms. The Morgan fingerprint density at radius 1 is 1.07 bits per heavy atom. The molecule has 0 bridgehead atoms. The van der Waals surface area contributed by atoms with Gasteiger partial charge in [-0.05, 0) is 23.8 Å². The zero-order valence-electron chi connectivity index (χ0n) is 15.2. The monoisotopic (exact) mass is 449 g/mol. The molecule has 2 atom stereocenters. The minimum atomic E-state index is -0.533. The first kappa shape index (κ1) is 17.9. The Morgan fingerprint density at radius 3 is 2.69 bits per heavy atom. The van der Waals surface area contributed by atoms with Crippen molar-refractivity contribution in [2.45, 2.75) is 18.7 Å². The number of nitro groups is 1. The number of nitrogens with zero attached hydrogens (tertiary/aromatic N) is 3. The van der Waals surface area contributed by atoms with Gasteiger partial charge in [0.15, 0.2) is 0 Å². The third-order valence-corrected chi connectivity index (χ3v) is 5.72. The van der Waals surface area contributed by atoms with Crippen LogP contribution in [0.3, 0.4) is 0 Å². The van der Waals surface area contributed by atoms with Gasteiger partial charge in [0, 0.05) is 34.2 Å². The van der Waals surface area contributed by atoms with Crippen LogP contribution in [0.1, 0.15) is 35.4 Å². The number of halogens is 1. The van der Waals surface area contributed by atoms with E-state index in [9.17, 15) is 10.1 Å². The van der Waals surface area contributed by atoms with E-state index >= 15 is 0 Å². The largest absolute Gasteiger partial charge is 0.464 e. The van der Waals surface area contributed by atoms with E-state index in [1.165, 1.54) is 6.07 Å². The molecule has 2 aliphatic heterocycles. The molecule has 0 fully saturated rings. The van der Waals surface area contributed by atoms with E-state index in [0.29, 0.717) is 5.56 Å². The molecule has 29 heavy (non-hydrogen) atoms. The number of hydrogen-bond acceptors (Lipinski definition) is 5. The van der Waals surface area contributed by atoms with Gasteiger partial charge in [0.2, 0.25) is 6.23 Å². The van der Waals surface area contributed by atoms with Crippen LogP contribution >= 0.6 is 15.9 Å². The van der Waals surface area contributed by atoms with Crippen LogP contribution in [0.4, 0.5) is 5.69 Å². The first-order valence-corrected chi connectivity index (χ1v) is 10.0. The molecule has 144 valence electrons. The molecule has 0 aliphatic carbocycles. The van der Waals surface area contributed by atoms with Crippen molar-refractivity contribution in [1.82, 2.24) is 5.01 Å². The summed E-state index contributed by atoms with van der Waals surface area (Å²) >= 11 is 3.55. The van der Waals surface area contributed by atoms with Crippen LogP contribution in [0, 0.1) is 10.1 Å². The second-order valence-corrected chi connectivity index (χ2v) is 7.93. The molecule has 2 heterocycles. The summed E-state index contributed by atoms with van der Waals surface area (Å²) < 4.78 is 7.26. The van der Waals surface area contributed by atoms with Gasteiger partial charge in [-0.15, -0.1) is 0 Å². The van der Waals surface area contributed by atoms with E-state index in [-0.39, 0.29) is 11.7 Å². The smallest absolute Gasteiger partial charge is 0.269 e. The Hall–Kier alpha value is -3.19. The normalized spacial score (nSPS) is 19.8. The van der Waals surface area contributed by atoms with Crippen LogP contribution in [0.15, 0.2) is 82.4 Å². The van der Waals surface area contributed by atoms with E-state index in [1.54, 1.807) is 12.1 Å². The van der Waals surface area contributed by atoms with Crippen molar-refractivity contribution in [2.24, 2.45) is 5.10 Å². The highest BCUT2D eigenvalue weighted by atomic mass is 79.9.